The lowest BCUT2D eigenvalue weighted by molar-refractivity contribution is 0.207. The maximum absolute atomic E-state index is 5.81. The molecule has 3 aromatic rings. The Morgan fingerprint density at radius 2 is 1.69 bits per heavy atom. The van der Waals surface area contributed by atoms with E-state index < -0.39 is 0 Å². The molecule has 0 atom stereocenters. The molecule has 0 radical (unpaired) electrons. The molecule has 4 rings (SSSR count). The molecule has 26 heavy (non-hydrogen) atoms. The van der Waals surface area contributed by atoms with Gasteiger partial charge in [-0.2, -0.15) is 5.10 Å². The topological polar surface area (TPSA) is 26.0 Å². The van der Waals surface area contributed by atoms with Gasteiger partial charge in [-0.1, -0.05) is 55.5 Å². The Morgan fingerprint density at radius 3 is 2.31 bits per heavy atom. The average Bonchev–Trinajstić information content (AvgIpc) is 3.48. The average molecular weight is 365 g/mol. The van der Waals surface area contributed by atoms with Gasteiger partial charge in [-0.05, 0) is 49.3 Å². The highest BCUT2D eigenvalue weighted by atomic mass is 32.1. The Morgan fingerprint density at radius 1 is 1.04 bits per heavy atom. The first-order chi connectivity index (χ1) is 12.8. The maximum Gasteiger partial charge on any atom is 0.203 e. The van der Waals surface area contributed by atoms with Crippen LogP contribution in [0.5, 0.6) is 0 Å². The van der Waals surface area contributed by atoms with Crippen LogP contribution < -0.4 is 0 Å². The van der Waals surface area contributed by atoms with Crippen molar-refractivity contribution in [3.05, 3.63) is 76.8 Å². The standard InChI is InChI=1S/C21H24N4S/c1-2-23(15-17-9-5-3-6-10-17)16-24-21(26)25(19-11-7-4-8-12-19)20(22-24)18-13-14-18/h3-12,18H,2,13-16H2,1H3. The first kappa shape index (κ1) is 17.2. The van der Waals surface area contributed by atoms with Crippen LogP contribution in [-0.4, -0.2) is 25.8 Å². The Balaban J connectivity index is 1.63. The van der Waals surface area contributed by atoms with Gasteiger partial charge in [-0.25, -0.2) is 4.68 Å². The van der Waals surface area contributed by atoms with Crippen LogP contribution in [0.25, 0.3) is 5.69 Å². The summed E-state index contributed by atoms with van der Waals surface area (Å²) in [6.45, 7) is 4.75. The second kappa shape index (κ2) is 7.56. The van der Waals surface area contributed by atoms with E-state index in [0.29, 0.717) is 12.6 Å². The fourth-order valence-electron chi connectivity index (χ4n) is 3.24. The summed E-state index contributed by atoms with van der Waals surface area (Å²) in [7, 11) is 0. The third-order valence-electron chi connectivity index (χ3n) is 4.85. The minimum Gasteiger partial charge on any atom is -0.280 e. The number of nitrogens with zero attached hydrogens (tertiary/aromatic N) is 4. The van der Waals surface area contributed by atoms with Crippen molar-refractivity contribution in [3.63, 3.8) is 0 Å². The van der Waals surface area contributed by atoms with Crippen molar-refractivity contribution in [3.8, 4) is 5.69 Å². The lowest BCUT2D eigenvalue weighted by Crippen LogP contribution is -2.26. The molecule has 4 nitrogen and oxygen atoms in total. The molecular weight excluding hydrogens is 340 g/mol. The van der Waals surface area contributed by atoms with Crippen molar-refractivity contribution in [1.82, 2.24) is 19.2 Å². The molecule has 0 amide bonds. The molecule has 0 aliphatic heterocycles. The molecule has 0 saturated heterocycles. The van der Waals surface area contributed by atoms with E-state index in [2.05, 4.69) is 71.0 Å². The third kappa shape index (κ3) is 3.64. The zero-order valence-corrected chi connectivity index (χ0v) is 15.9. The van der Waals surface area contributed by atoms with Crippen molar-refractivity contribution in [2.45, 2.75) is 38.9 Å². The van der Waals surface area contributed by atoms with E-state index in [1.807, 2.05) is 10.7 Å². The lowest BCUT2D eigenvalue weighted by atomic mass is 10.2. The van der Waals surface area contributed by atoms with Crippen LogP contribution in [-0.2, 0) is 13.2 Å². The van der Waals surface area contributed by atoms with E-state index in [-0.39, 0.29) is 0 Å². The highest BCUT2D eigenvalue weighted by Gasteiger charge is 2.30. The van der Waals surface area contributed by atoms with Crippen LogP contribution in [0.2, 0.25) is 0 Å². The van der Waals surface area contributed by atoms with Gasteiger partial charge in [-0.3, -0.25) is 9.47 Å². The summed E-state index contributed by atoms with van der Waals surface area (Å²) in [4.78, 5) is 2.37. The van der Waals surface area contributed by atoms with Gasteiger partial charge in [-0.15, -0.1) is 0 Å². The van der Waals surface area contributed by atoms with Gasteiger partial charge in [0.2, 0.25) is 4.77 Å². The van der Waals surface area contributed by atoms with Gasteiger partial charge in [0, 0.05) is 18.2 Å². The van der Waals surface area contributed by atoms with Crippen LogP contribution in [0, 0.1) is 4.77 Å². The maximum atomic E-state index is 5.81. The third-order valence-corrected chi connectivity index (χ3v) is 5.24. The van der Waals surface area contributed by atoms with Crippen molar-refractivity contribution in [1.29, 1.82) is 0 Å². The van der Waals surface area contributed by atoms with Crippen LogP contribution >= 0.6 is 12.2 Å². The minimum absolute atomic E-state index is 0.544. The van der Waals surface area contributed by atoms with E-state index in [1.165, 1.54) is 18.4 Å². The molecule has 0 spiro atoms. The normalized spacial score (nSPS) is 14.1. The molecule has 0 unspecified atom stereocenters. The molecule has 0 bridgehead atoms. The SMILES string of the molecule is CCN(Cc1ccccc1)Cn1nc(C2CC2)n(-c2ccccc2)c1=S. The van der Waals surface area contributed by atoms with Gasteiger partial charge in [0.05, 0.1) is 6.67 Å². The van der Waals surface area contributed by atoms with Crippen LogP contribution in [0.4, 0.5) is 0 Å². The van der Waals surface area contributed by atoms with Crippen molar-refractivity contribution in [2.24, 2.45) is 0 Å². The first-order valence-electron chi connectivity index (χ1n) is 9.27. The van der Waals surface area contributed by atoms with Crippen molar-refractivity contribution < 1.29 is 0 Å². The number of aromatic nitrogens is 3. The Labute approximate surface area is 159 Å². The van der Waals surface area contributed by atoms with Gasteiger partial charge in [0.1, 0.15) is 5.82 Å². The quantitative estimate of drug-likeness (QED) is 0.565. The number of hydrogen-bond donors (Lipinski definition) is 0. The molecular formula is C21H24N4S. The van der Waals surface area contributed by atoms with E-state index >= 15 is 0 Å². The predicted octanol–water partition coefficient (Wildman–Crippen LogP) is 4.76. The summed E-state index contributed by atoms with van der Waals surface area (Å²) in [6.07, 6.45) is 2.42. The van der Waals surface area contributed by atoms with Crippen LogP contribution in [0.15, 0.2) is 60.7 Å². The fraction of sp³-hybridized carbons (Fsp3) is 0.333. The summed E-state index contributed by atoms with van der Waals surface area (Å²) < 4.78 is 4.93. The molecule has 1 aliphatic carbocycles. The van der Waals surface area contributed by atoms with Gasteiger partial charge < -0.3 is 0 Å². The second-order valence-electron chi connectivity index (χ2n) is 6.86. The van der Waals surface area contributed by atoms with E-state index in [0.717, 1.165) is 29.4 Å². The summed E-state index contributed by atoms with van der Waals surface area (Å²) in [5.74, 6) is 1.65. The van der Waals surface area contributed by atoms with Gasteiger partial charge in [0.15, 0.2) is 0 Å². The molecule has 1 saturated carbocycles. The molecule has 1 aliphatic rings. The molecule has 5 heteroatoms. The van der Waals surface area contributed by atoms with Crippen molar-refractivity contribution in [2.75, 3.05) is 6.54 Å². The molecule has 1 fully saturated rings. The molecule has 1 aromatic heterocycles. The zero-order valence-electron chi connectivity index (χ0n) is 15.1. The van der Waals surface area contributed by atoms with Crippen LogP contribution in [0.3, 0.4) is 0 Å². The number of benzene rings is 2. The van der Waals surface area contributed by atoms with E-state index in [4.69, 9.17) is 17.3 Å². The highest BCUT2D eigenvalue weighted by Crippen LogP contribution is 2.40. The second-order valence-corrected chi connectivity index (χ2v) is 7.22. The van der Waals surface area contributed by atoms with Gasteiger partial charge in [0.25, 0.3) is 0 Å². The van der Waals surface area contributed by atoms with Crippen molar-refractivity contribution >= 4 is 12.2 Å². The predicted molar refractivity (Wildman–Crippen MR) is 107 cm³/mol. The highest BCUT2D eigenvalue weighted by molar-refractivity contribution is 7.71. The first-order valence-corrected chi connectivity index (χ1v) is 9.68. The zero-order chi connectivity index (χ0) is 17.9. The monoisotopic (exact) mass is 364 g/mol. The summed E-state index contributed by atoms with van der Waals surface area (Å²) in [5.41, 5.74) is 2.42. The minimum atomic E-state index is 0.544. The Bertz CT molecular complexity index is 910. The molecule has 0 N–H and O–H groups in total. The lowest BCUT2D eigenvalue weighted by Gasteiger charge is -2.20. The number of rotatable bonds is 7. The van der Waals surface area contributed by atoms with Crippen LogP contribution in [0.1, 0.15) is 37.1 Å². The largest absolute Gasteiger partial charge is 0.280 e. The van der Waals surface area contributed by atoms with E-state index in [9.17, 15) is 0 Å². The molecule has 1 heterocycles. The Kier molecular flexibility index (Phi) is 5.00. The van der Waals surface area contributed by atoms with Gasteiger partial charge >= 0.3 is 0 Å². The number of para-hydroxylation sites is 1. The smallest absolute Gasteiger partial charge is 0.203 e. The Hall–Kier alpha value is -2.24. The summed E-state index contributed by atoms with van der Waals surface area (Å²) >= 11 is 5.81. The summed E-state index contributed by atoms with van der Waals surface area (Å²) in [5, 5.41) is 4.91. The molecule has 2 aromatic carbocycles. The summed E-state index contributed by atoms with van der Waals surface area (Å²) in [6, 6.07) is 20.9. The fourth-order valence-corrected chi connectivity index (χ4v) is 3.53. The van der Waals surface area contributed by atoms with E-state index in [1.54, 1.807) is 0 Å². The number of hydrogen-bond acceptors (Lipinski definition) is 3. The molecule has 134 valence electrons.